The lowest BCUT2D eigenvalue weighted by Gasteiger charge is -2.24. The third kappa shape index (κ3) is 4.31. The van der Waals surface area contributed by atoms with Crippen molar-refractivity contribution in [3.05, 3.63) is 30.3 Å². The summed E-state index contributed by atoms with van der Waals surface area (Å²) in [5.74, 6) is -3.74. The number of carbonyl (C=O) groups excluding carboxylic acids is 1. The van der Waals surface area contributed by atoms with Gasteiger partial charge in [-0.1, -0.05) is 29.5 Å². The van der Waals surface area contributed by atoms with Crippen LogP contribution in [0, 0.1) is 5.92 Å². The second-order valence-electron chi connectivity index (χ2n) is 9.59. The predicted octanol–water partition coefficient (Wildman–Crippen LogP) is 0.179. The van der Waals surface area contributed by atoms with Crippen molar-refractivity contribution in [3.63, 3.8) is 0 Å². The number of nitrogens with one attached hydrogen (secondary N) is 1. The zero-order valence-electron chi connectivity index (χ0n) is 20.7. The largest absolute Gasteiger partial charge is 0.490 e. The zero-order valence-corrected chi connectivity index (χ0v) is 23.2. The maximum atomic E-state index is 13.9. The van der Waals surface area contributed by atoms with E-state index in [4.69, 9.17) is 16.6 Å². The van der Waals surface area contributed by atoms with Crippen molar-refractivity contribution in [1.82, 2.24) is 29.9 Å². The van der Waals surface area contributed by atoms with Gasteiger partial charge < -0.3 is 16.2 Å². The third-order valence-corrected chi connectivity index (χ3v) is 11.0. The van der Waals surface area contributed by atoms with E-state index in [1.807, 2.05) is 0 Å². The molecule has 4 aromatic rings. The highest BCUT2D eigenvalue weighted by molar-refractivity contribution is 7.92. The molecule has 0 spiro atoms. The summed E-state index contributed by atoms with van der Waals surface area (Å²) in [4.78, 5) is 14.2. The molecule has 3 atom stereocenters. The van der Waals surface area contributed by atoms with Gasteiger partial charge in [-0.05, 0) is 28.1 Å². The van der Waals surface area contributed by atoms with Crippen molar-refractivity contribution in [2.45, 2.75) is 27.6 Å². The third-order valence-electron chi connectivity index (χ3n) is 7.19. The molecule has 6 rings (SSSR count). The number of anilines is 1. The van der Waals surface area contributed by atoms with Crippen molar-refractivity contribution in [1.29, 1.82) is 0 Å². The fourth-order valence-corrected chi connectivity index (χ4v) is 9.11. The molecule has 15 nitrogen and oxygen atoms in total. The minimum absolute atomic E-state index is 0.134. The van der Waals surface area contributed by atoms with Crippen LogP contribution in [0.5, 0.6) is 0 Å². The number of hydrogen-bond donors (Lipinski definition) is 4. The van der Waals surface area contributed by atoms with Gasteiger partial charge in [0.1, 0.15) is 15.4 Å². The summed E-state index contributed by atoms with van der Waals surface area (Å²) in [6.45, 7) is -1.19. The number of piperidine rings is 1. The Morgan fingerprint density at radius 2 is 1.90 bits per heavy atom. The molecular weight excluding hydrogens is 627 g/mol. The fraction of sp³-hybridized carbons (Fsp3) is 0.286. The van der Waals surface area contributed by atoms with Crippen molar-refractivity contribution in [2.75, 3.05) is 18.8 Å². The Labute approximate surface area is 237 Å². The zero-order chi connectivity index (χ0) is 30.4. The van der Waals surface area contributed by atoms with Gasteiger partial charge in [-0.3, -0.25) is 0 Å². The van der Waals surface area contributed by atoms with Gasteiger partial charge in [0.15, 0.2) is 11.0 Å². The van der Waals surface area contributed by atoms with Crippen LogP contribution in [0.25, 0.3) is 32.7 Å². The molecule has 1 aliphatic carbocycles. The van der Waals surface area contributed by atoms with Crippen molar-refractivity contribution in [3.8, 4) is 22.5 Å². The van der Waals surface area contributed by atoms with Crippen LogP contribution in [0.4, 0.5) is 18.3 Å². The quantitative estimate of drug-likeness (QED) is 0.205. The van der Waals surface area contributed by atoms with Crippen molar-refractivity contribution < 1.29 is 39.5 Å². The number of primary sulfonamides is 1. The number of hydrogen-bond acceptors (Lipinski definition) is 13. The van der Waals surface area contributed by atoms with Gasteiger partial charge in [0.2, 0.25) is 20.0 Å². The number of esters is 1. The normalized spacial score (nSPS) is 22.8. The number of para-hydroxylation sites is 1. The van der Waals surface area contributed by atoms with E-state index in [0.29, 0.717) is 20.1 Å². The summed E-state index contributed by atoms with van der Waals surface area (Å²) in [7, 11) is -9.68. The number of tetrazole rings is 1. The van der Waals surface area contributed by atoms with Crippen LogP contribution in [-0.2, 0) is 29.6 Å². The number of nitrogens with two attached hydrogens (primary N) is 3. The number of nitrogens with zero attached hydrogens (tertiary/aromatic N) is 5. The molecule has 7 N–H and O–H groups in total. The number of sulfonamides is 2. The highest BCUT2D eigenvalue weighted by atomic mass is 32.2. The number of aromatic amines is 1. The first-order valence-corrected chi connectivity index (χ1v) is 15.5. The summed E-state index contributed by atoms with van der Waals surface area (Å²) in [5.41, 5.74) is 10.3. The summed E-state index contributed by atoms with van der Waals surface area (Å²) in [6, 6.07) is 6.21. The average Bonchev–Trinajstić information content (AvgIpc) is 3.45. The van der Waals surface area contributed by atoms with Crippen LogP contribution in [0.3, 0.4) is 0 Å². The van der Waals surface area contributed by atoms with Crippen LogP contribution in [0.2, 0.25) is 0 Å². The predicted molar refractivity (Wildman–Crippen MR) is 139 cm³/mol. The van der Waals surface area contributed by atoms with Gasteiger partial charge in [0.25, 0.3) is 0 Å². The van der Waals surface area contributed by atoms with Crippen molar-refractivity contribution >= 4 is 52.7 Å². The van der Waals surface area contributed by atoms with Crippen LogP contribution in [-0.4, -0.2) is 83.6 Å². The number of fused-ring (bicyclic) bond motifs is 2. The van der Waals surface area contributed by atoms with E-state index in [0.717, 1.165) is 17.4 Å². The first-order chi connectivity index (χ1) is 19.6. The number of alkyl halides is 3. The standard InChI is InChI=1S/C21H18F3N9O6S3/c22-21(23,24)18(34)39-20-7-33(6-10(20)16(20)25)42(37,38)12-5-4-8(9-2-1-3-11-14(9)28-19(26)40-11)13(15(12)41(27,35)36)17-29-31-32-30-17/h1-5,10,16H,6-7,25H2,(H2,26,28)(H2,27,35,36)(H,29,30,31,32)/t10-,16-,20-/m0/s1. The number of carbonyl (C=O) groups is 1. The number of rotatable bonds is 6. The molecule has 21 heteroatoms. The Hall–Kier alpha value is -3.76. The van der Waals surface area contributed by atoms with E-state index in [9.17, 15) is 34.8 Å². The topological polar surface area (TPSA) is 243 Å². The van der Waals surface area contributed by atoms with E-state index >= 15 is 0 Å². The Bertz CT molecular complexity index is 1980. The highest BCUT2D eigenvalue weighted by Crippen LogP contribution is 2.54. The minimum atomic E-state index is -5.34. The Balaban J connectivity index is 1.52. The van der Waals surface area contributed by atoms with Gasteiger partial charge >= 0.3 is 12.1 Å². The fourth-order valence-electron chi connectivity index (χ4n) is 5.26. The monoisotopic (exact) mass is 645 g/mol. The lowest BCUT2D eigenvalue weighted by molar-refractivity contribution is -0.207. The summed E-state index contributed by atoms with van der Waals surface area (Å²) >= 11 is 1.16. The second-order valence-corrected chi connectivity index (χ2v) is 14.1. The van der Waals surface area contributed by atoms with Gasteiger partial charge in [-0.15, -0.1) is 5.10 Å². The second kappa shape index (κ2) is 9.12. The molecule has 1 saturated carbocycles. The van der Waals surface area contributed by atoms with Gasteiger partial charge in [-0.25, -0.2) is 36.9 Å². The first kappa shape index (κ1) is 28.4. The molecule has 42 heavy (non-hydrogen) atoms. The number of nitrogen functional groups attached to an aromatic ring is 1. The van der Waals surface area contributed by atoms with Crippen LogP contribution in [0.1, 0.15) is 0 Å². The maximum absolute atomic E-state index is 13.9. The van der Waals surface area contributed by atoms with E-state index in [1.54, 1.807) is 18.2 Å². The average molecular weight is 646 g/mol. The van der Waals surface area contributed by atoms with Crippen molar-refractivity contribution in [2.24, 2.45) is 16.8 Å². The maximum Gasteiger partial charge on any atom is 0.490 e. The van der Waals surface area contributed by atoms with Gasteiger partial charge in [-0.2, -0.15) is 17.5 Å². The lowest BCUT2D eigenvalue weighted by atomic mass is 9.98. The number of ether oxygens (including phenoxy) is 1. The summed E-state index contributed by atoms with van der Waals surface area (Å²) in [5, 5.41) is 18.9. The highest BCUT2D eigenvalue weighted by Gasteiger charge is 2.73. The Morgan fingerprint density at radius 1 is 1.17 bits per heavy atom. The molecular formula is C21H18F3N9O6S3. The summed E-state index contributed by atoms with van der Waals surface area (Å²) < 4.78 is 98.6. The molecule has 0 bridgehead atoms. The first-order valence-electron chi connectivity index (χ1n) is 11.7. The number of halogens is 3. The minimum Gasteiger partial charge on any atom is -0.449 e. The molecule has 0 radical (unpaired) electrons. The van der Waals surface area contributed by atoms with E-state index in [-0.39, 0.29) is 22.1 Å². The van der Waals surface area contributed by atoms with Gasteiger partial charge in [0, 0.05) is 18.0 Å². The van der Waals surface area contributed by atoms with Crippen LogP contribution >= 0.6 is 11.3 Å². The SMILES string of the molecule is Nc1nc2c(-c3ccc(S(=O)(=O)N4C[C@H]5[C@H](N)[C@]5(OC(=O)C(F)(F)F)C4)c(S(N)(=O)=O)c3-c3nnn[nH]3)cccc2s1. The smallest absolute Gasteiger partial charge is 0.449 e. The molecule has 2 aromatic heterocycles. The molecule has 3 heterocycles. The molecule has 222 valence electrons. The van der Waals surface area contributed by atoms with Gasteiger partial charge in [0.05, 0.1) is 28.4 Å². The Kier molecular flexibility index (Phi) is 6.16. The molecule has 2 fully saturated rings. The number of aromatic nitrogens is 5. The molecule has 0 amide bonds. The number of thiazole rings is 1. The lowest BCUT2D eigenvalue weighted by Crippen LogP contribution is -2.43. The number of benzene rings is 2. The Morgan fingerprint density at radius 3 is 2.55 bits per heavy atom. The molecule has 1 saturated heterocycles. The molecule has 2 aromatic carbocycles. The molecule has 0 unspecified atom stereocenters. The van der Waals surface area contributed by atoms with E-state index in [2.05, 4.69) is 30.3 Å². The van der Waals surface area contributed by atoms with E-state index in [1.165, 1.54) is 6.07 Å². The van der Waals surface area contributed by atoms with Crippen LogP contribution < -0.4 is 16.6 Å². The number of H-pyrrole nitrogens is 1. The molecule has 1 aliphatic heterocycles. The van der Waals surface area contributed by atoms with E-state index < -0.39 is 72.6 Å². The molecule has 2 aliphatic rings. The van der Waals surface area contributed by atoms with Crippen LogP contribution in [0.15, 0.2) is 40.1 Å². The summed E-state index contributed by atoms with van der Waals surface area (Å²) in [6.07, 6.45) is -5.34.